The summed E-state index contributed by atoms with van der Waals surface area (Å²) in [5.74, 6) is 0.583. The maximum absolute atomic E-state index is 12.0. The Hall–Kier alpha value is -3.05. The van der Waals surface area contributed by atoms with Gasteiger partial charge in [-0.3, -0.25) is 9.59 Å². The monoisotopic (exact) mass is 404 g/mol. The Morgan fingerprint density at radius 1 is 0.966 bits per heavy atom. The second kappa shape index (κ2) is 10.5. The number of hydrogen-bond acceptors (Lipinski definition) is 3. The maximum atomic E-state index is 12.0. The average molecular weight is 405 g/mol. The van der Waals surface area contributed by atoms with Crippen LogP contribution >= 0.6 is 11.8 Å². The zero-order valence-corrected chi connectivity index (χ0v) is 17.0. The van der Waals surface area contributed by atoms with E-state index in [1.54, 1.807) is 6.07 Å². The molecule has 2 heterocycles. The van der Waals surface area contributed by atoms with Crippen molar-refractivity contribution in [3.63, 3.8) is 0 Å². The van der Waals surface area contributed by atoms with E-state index in [9.17, 15) is 9.59 Å². The molecule has 4 rings (SSSR count). The Kier molecular flexibility index (Phi) is 7.47. The third-order valence-electron chi connectivity index (χ3n) is 4.60. The van der Waals surface area contributed by atoms with E-state index in [4.69, 9.17) is 5.73 Å². The lowest BCUT2D eigenvalue weighted by Crippen LogP contribution is -2.23. The zero-order chi connectivity index (χ0) is 20.5. The van der Waals surface area contributed by atoms with Crippen molar-refractivity contribution in [3.8, 4) is 11.3 Å². The molecule has 4 nitrogen and oxygen atoms in total. The van der Waals surface area contributed by atoms with Crippen LogP contribution in [0.3, 0.4) is 0 Å². The number of carbonyl (C=O) groups is 1. The molecule has 3 N–H and O–H groups in total. The van der Waals surface area contributed by atoms with E-state index in [2.05, 4.69) is 34.7 Å². The van der Waals surface area contributed by atoms with Gasteiger partial charge < -0.3 is 10.7 Å². The van der Waals surface area contributed by atoms with Crippen LogP contribution in [0.25, 0.3) is 11.3 Å². The summed E-state index contributed by atoms with van der Waals surface area (Å²) < 4.78 is 0. The molecule has 3 aromatic rings. The number of nitrogens with two attached hydrogens (primary N) is 1. The first kappa shape index (κ1) is 20.7. The van der Waals surface area contributed by atoms with Gasteiger partial charge in [-0.1, -0.05) is 60.7 Å². The normalized spacial score (nSPS) is 12.3. The predicted molar refractivity (Wildman–Crippen MR) is 121 cm³/mol. The van der Waals surface area contributed by atoms with Crippen LogP contribution in [-0.2, 0) is 12.8 Å². The number of aryl methyl sites for hydroxylation is 2. The van der Waals surface area contributed by atoms with Gasteiger partial charge in [0.1, 0.15) is 5.56 Å². The molecule has 5 heteroatoms. The van der Waals surface area contributed by atoms with Gasteiger partial charge >= 0.3 is 0 Å². The fraction of sp³-hybridized carbons (Fsp3) is 0.167. The summed E-state index contributed by atoms with van der Waals surface area (Å²) in [6.07, 6.45) is 5.26. The molecule has 0 atom stereocenters. The number of amides is 1. The van der Waals surface area contributed by atoms with E-state index >= 15 is 0 Å². The molecule has 0 bridgehead atoms. The lowest BCUT2D eigenvalue weighted by atomic mass is 9.97. The highest BCUT2D eigenvalue weighted by Crippen LogP contribution is 2.22. The molecule has 1 aliphatic heterocycles. The minimum atomic E-state index is -0.722. The van der Waals surface area contributed by atoms with Crippen LogP contribution in [0.5, 0.6) is 0 Å². The number of pyridine rings is 1. The first-order valence-corrected chi connectivity index (χ1v) is 10.6. The summed E-state index contributed by atoms with van der Waals surface area (Å²) >= 11 is 1.89. The molecule has 1 aliphatic rings. The summed E-state index contributed by atoms with van der Waals surface area (Å²) in [5, 5.41) is 2.15. The van der Waals surface area contributed by atoms with Gasteiger partial charge in [0.2, 0.25) is 0 Å². The molecule has 1 aromatic heterocycles. The minimum absolute atomic E-state index is 0.0273. The Bertz CT molecular complexity index is 1040. The summed E-state index contributed by atoms with van der Waals surface area (Å²) in [6, 6.07) is 21.4. The number of H-pyrrole nitrogens is 1. The fourth-order valence-corrected chi connectivity index (χ4v) is 3.77. The van der Waals surface area contributed by atoms with Gasteiger partial charge in [-0.15, -0.1) is 11.8 Å². The van der Waals surface area contributed by atoms with Crippen LogP contribution in [0, 0.1) is 0 Å². The van der Waals surface area contributed by atoms with Crippen LogP contribution in [0.4, 0.5) is 0 Å². The van der Waals surface area contributed by atoms with Crippen molar-refractivity contribution < 1.29 is 4.79 Å². The van der Waals surface area contributed by atoms with Crippen LogP contribution in [0.1, 0.15) is 27.9 Å². The highest BCUT2D eigenvalue weighted by Gasteiger charge is 2.10. The van der Waals surface area contributed by atoms with Crippen molar-refractivity contribution in [3.05, 3.63) is 105 Å². The Morgan fingerprint density at radius 2 is 1.72 bits per heavy atom. The molecular formula is C24H24N2O2S. The third-order valence-corrected chi connectivity index (χ3v) is 5.46. The predicted octanol–water partition coefficient (Wildman–Crippen LogP) is 4.56. The number of aromatic amines is 1. The van der Waals surface area contributed by atoms with Gasteiger partial charge in [0.25, 0.3) is 11.5 Å². The standard InChI is InChI=1S/C20H18N2O2.C4H6S/c21-19(23)17-12-13-18(22-20(17)24)16-9-5-4-8-15(16)11-10-14-6-2-1-3-7-14;1-2-4-5-3-1/h1-9,12-13H,10-11H2,(H2,21,23)(H,22,24);1,3H,2,4H2. The number of aromatic nitrogens is 1. The quantitative estimate of drug-likeness (QED) is 0.654. The summed E-state index contributed by atoms with van der Waals surface area (Å²) in [6.45, 7) is 0. The average Bonchev–Trinajstić information content (AvgIpc) is 3.33. The van der Waals surface area contributed by atoms with Gasteiger partial charge in [-0.05, 0) is 47.9 Å². The highest BCUT2D eigenvalue weighted by molar-refractivity contribution is 8.02. The van der Waals surface area contributed by atoms with Gasteiger partial charge in [0, 0.05) is 17.0 Å². The SMILES string of the molecule is C1=CSCC1.NC(=O)c1ccc(-c2ccccc2CCc2ccccc2)[nH]c1=O. The lowest BCUT2D eigenvalue weighted by molar-refractivity contribution is 0.0999. The molecule has 148 valence electrons. The first-order valence-electron chi connectivity index (χ1n) is 9.57. The summed E-state index contributed by atoms with van der Waals surface area (Å²) in [4.78, 5) is 25.9. The number of carbonyl (C=O) groups excluding carboxylic acids is 1. The second-order valence-electron chi connectivity index (χ2n) is 6.65. The number of allylic oxidation sites excluding steroid dienone is 1. The number of thioether (sulfide) groups is 1. The van der Waals surface area contributed by atoms with Crippen molar-refractivity contribution >= 4 is 17.7 Å². The number of nitrogens with one attached hydrogen (secondary N) is 1. The number of hydrogen-bond donors (Lipinski definition) is 2. The molecule has 0 unspecified atom stereocenters. The van der Waals surface area contributed by atoms with Crippen molar-refractivity contribution in [1.82, 2.24) is 4.98 Å². The summed E-state index contributed by atoms with van der Waals surface area (Å²) in [7, 11) is 0. The molecule has 0 aliphatic carbocycles. The number of benzene rings is 2. The maximum Gasteiger partial charge on any atom is 0.261 e. The molecule has 0 fully saturated rings. The molecule has 0 saturated heterocycles. The van der Waals surface area contributed by atoms with Gasteiger partial charge in [-0.25, -0.2) is 0 Å². The molecule has 0 radical (unpaired) electrons. The zero-order valence-electron chi connectivity index (χ0n) is 16.1. The Labute approximate surface area is 174 Å². The highest BCUT2D eigenvalue weighted by atomic mass is 32.2. The first-order chi connectivity index (χ1) is 14.1. The number of primary amides is 1. The van der Waals surface area contributed by atoms with Crippen molar-refractivity contribution in [1.29, 1.82) is 0 Å². The summed E-state index contributed by atoms with van der Waals surface area (Å²) in [5.41, 5.74) is 8.76. The van der Waals surface area contributed by atoms with E-state index in [-0.39, 0.29) is 5.56 Å². The van der Waals surface area contributed by atoms with Crippen molar-refractivity contribution in [2.45, 2.75) is 19.3 Å². The Morgan fingerprint density at radius 3 is 2.34 bits per heavy atom. The number of rotatable bonds is 5. The van der Waals surface area contributed by atoms with Crippen LogP contribution in [-0.4, -0.2) is 16.6 Å². The topological polar surface area (TPSA) is 76.0 Å². The van der Waals surface area contributed by atoms with Crippen LogP contribution in [0.2, 0.25) is 0 Å². The van der Waals surface area contributed by atoms with Crippen LogP contribution in [0.15, 0.2) is 83.0 Å². The van der Waals surface area contributed by atoms with Gasteiger partial charge in [0.15, 0.2) is 0 Å². The molecule has 29 heavy (non-hydrogen) atoms. The van der Waals surface area contributed by atoms with E-state index in [0.29, 0.717) is 5.69 Å². The molecular weight excluding hydrogens is 380 g/mol. The molecule has 0 spiro atoms. The van der Waals surface area contributed by atoms with E-state index in [1.165, 1.54) is 23.8 Å². The van der Waals surface area contributed by atoms with E-state index in [1.807, 2.05) is 48.2 Å². The molecule has 0 saturated carbocycles. The van der Waals surface area contributed by atoms with Gasteiger partial charge in [-0.2, -0.15) is 0 Å². The minimum Gasteiger partial charge on any atom is -0.365 e. The van der Waals surface area contributed by atoms with E-state index < -0.39 is 11.5 Å². The van der Waals surface area contributed by atoms with E-state index in [0.717, 1.165) is 24.0 Å². The largest absolute Gasteiger partial charge is 0.365 e. The van der Waals surface area contributed by atoms with Crippen LogP contribution < -0.4 is 11.3 Å². The van der Waals surface area contributed by atoms with Gasteiger partial charge in [0.05, 0.1) is 0 Å². The smallest absolute Gasteiger partial charge is 0.261 e. The Balaban J connectivity index is 0.000000419. The second-order valence-corrected chi connectivity index (χ2v) is 7.67. The third kappa shape index (κ3) is 5.96. The molecule has 2 aromatic carbocycles. The van der Waals surface area contributed by atoms with Crippen molar-refractivity contribution in [2.24, 2.45) is 5.73 Å². The lowest BCUT2D eigenvalue weighted by Gasteiger charge is -2.10. The van der Waals surface area contributed by atoms with Crippen molar-refractivity contribution in [2.75, 3.05) is 5.75 Å². The molecule has 1 amide bonds. The fourth-order valence-electron chi connectivity index (χ4n) is 3.09.